The smallest absolute Gasteiger partial charge is 0.243 e. The molecule has 0 radical (unpaired) electrons. The Hall–Kier alpha value is -0.950. The highest BCUT2D eigenvalue weighted by Crippen LogP contribution is 2.19. The largest absolute Gasteiger partial charge is 0.383 e. The van der Waals surface area contributed by atoms with Crippen LogP contribution in [0.15, 0.2) is 29.2 Å². The third-order valence-electron chi connectivity index (χ3n) is 2.84. The quantitative estimate of drug-likeness (QED) is 0.776. The van der Waals surface area contributed by atoms with E-state index in [-0.39, 0.29) is 0 Å². The van der Waals surface area contributed by atoms with E-state index in [0.717, 1.165) is 12.1 Å². The molecule has 0 bridgehead atoms. The van der Waals surface area contributed by atoms with Crippen LogP contribution in [-0.4, -0.2) is 46.6 Å². The third-order valence-corrected chi connectivity index (χ3v) is 4.79. The van der Waals surface area contributed by atoms with Crippen LogP contribution in [0.25, 0.3) is 0 Å². The zero-order valence-electron chi connectivity index (χ0n) is 11.7. The molecule has 0 aliphatic heterocycles. The number of methoxy groups -OCH3 is 1. The van der Waals surface area contributed by atoms with Crippen LogP contribution in [0.1, 0.15) is 12.5 Å². The fourth-order valence-electron chi connectivity index (χ4n) is 1.67. The van der Waals surface area contributed by atoms with Crippen molar-refractivity contribution < 1.29 is 13.2 Å². The molecule has 0 heterocycles. The molecule has 0 unspecified atom stereocenters. The van der Waals surface area contributed by atoms with Crippen LogP contribution in [0, 0.1) is 0 Å². The summed E-state index contributed by atoms with van der Waals surface area (Å²) in [6.07, 6.45) is 0. The van der Waals surface area contributed by atoms with Crippen molar-refractivity contribution in [1.29, 1.82) is 0 Å². The van der Waals surface area contributed by atoms with Crippen LogP contribution in [0.3, 0.4) is 0 Å². The van der Waals surface area contributed by atoms with Gasteiger partial charge < -0.3 is 10.1 Å². The fourth-order valence-corrected chi connectivity index (χ4v) is 3.04. The topological polar surface area (TPSA) is 58.6 Å². The zero-order valence-corrected chi connectivity index (χ0v) is 12.5. The number of nitrogens with zero attached hydrogens (tertiary/aromatic N) is 1. The second-order valence-electron chi connectivity index (χ2n) is 4.21. The summed E-state index contributed by atoms with van der Waals surface area (Å²) >= 11 is 0. The normalized spacial score (nSPS) is 12.0. The lowest BCUT2D eigenvalue weighted by atomic mass is 10.2. The van der Waals surface area contributed by atoms with E-state index in [1.54, 1.807) is 26.3 Å². The number of hydrogen-bond acceptors (Lipinski definition) is 4. The van der Waals surface area contributed by atoms with Crippen molar-refractivity contribution in [2.45, 2.75) is 18.4 Å². The van der Waals surface area contributed by atoms with E-state index < -0.39 is 10.0 Å². The first-order valence-corrected chi connectivity index (χ1v) is 7.72. The van der Waals surface area contributed by atoms with Crippen LogP contribution in [0.5, 0.6) is 0 Å². The molecule has 6 heteroatoms. The molecule has 1 rings (SSSR count). The van der Waals surface area contributed by atoms with Crippen LogP contribution in [0.4, 0.5) is 0 Å². The van der Waals surface area contributed by atoms with Gasteiger partial charge in [-0.15, -0.1) is 0 Å². The molecule has 1 aromatic carbocycles. The van der Waals surface area contributed by atoms with E-state index in [2.05, 4.69) is 5.32 Å². The number of benzene rings is 1. The maximum Gasteiger partial charge on any atom is 0.243 e. The van der Waals surface area contributed by atoms with Gasteiger partial charge in [0.05, 0.1) is 11.5 Å². The van der Waals surface area contributed by atoms with Gasteiger partial charge in [-0.3, -0.25) is 0 Å². The molecule has 0 fully saturated rings. The summed E-state index contributed by atoms with van der Waals surface area (Å²) in [6.45, 7) is 4.05. The van der Waals surface area contributed by atoms with E-state index in [4.69, 9.17) is 4.74 Å². The molecule has 1 aromatic rings. The maximum atomic E-state index is 12.5. The molecule has 19 heavy (non-hydrogen) atoms. The molecule has 0 aliphatic rings. The standard InChI is InChI=1S/C13H22N2O3S/c1-4-14-11-12-7-5-6-8-13(12)19(16,17)15(2)9-10-18-3/h5-8,14H,4,9-11H2,1-3H3. The fraction of sp³-hybridized carbons (Fsp3) is 0.538. The Labute approximate surface area is 115 Å². The van der Waals surface area contributed by atoms with E-state index in [0.29, 0.717) is 24.6 Å². The highest BCUT2D eigenvalue weighted by atomic mass is 32.2. The molecule has 0 aromatic heterocycles. The first kappa shape index (κ1) is 16.1. The van der Waals surface area contributed by atoms with Crippen LogP contribution in [-0.2, 0) is 21.3 Å². The summed E-state index contributed by atoms with van der Waals surface area (Å²) in [5.74, 6) is 0. The van der Waals surface area contributed by atoms with Crippen molar-refractivity contribution >= 4 is 10.0 Å². The average molecular weight is 286 g/mol. The Morgan fingerprint density at radius 1 is 1.32 bits per heavy atom. The summed E-state index contributed by atoms with van der Waals surface area (Å²) in [5, 5.41) is 3.15. The zero-order chi connectivity index (χ0) is 14.3. The molecule has 0 saturated heterocycles. The van der Waals surface area contributed by atoms with Gasteiger partial charge in [-0.2, -0.15) is 4.31 Å². The Morgan fingerprint density at radius 2 is 2.00 bits per heavy atom. The minimum absolute atomic E-state index is 0.342. The van der Waals surface area contributed by atoms with Crippen molar-refractivity contribution in [2.75, 3.05) is 33.9 Å². The van der Waals surface area contributed by atoms with Crippen LogP contribution in [0.2, 0.25) is 0 Å². The van der Waals surface area contributed by atoms with E-state index in [1.807, 2.05) is 19.1 Å². The Kier molecular flexibility index (Phi) is 6.44. The molecule has 0 spiro atoms. The number of rotatable bonds is 8. The number of hydrogen-bond donors (Lipinski definition) is 1. The average Bonchev–Trinajstić information content (AvgIpc) is 2.42. The van der Waals surface area contributed by atoms with Crippen molar-refractivity contribution in [3.63, 3.8) is 0 Å². The molecule has 0 amide bonds. The molecule has 5 nitrogen and oxygen atoms in total. The van der Waals surface area contributed by atoms with Gasteiger partial charge in [0, 0.05) is 27.2 Å². The van der Waals surface area contributed by atoms with Gasteiger partial charge >= 0.3 is 0 Å². The second-order valence-corrected chi connectivity index (χ2v) is 6.22. The van der Waals surface area contributed by atoms with E-state index >= 15 is 0 Å². The Bertz CT molecular complexity index is 488. The third kappa shape index (κ3) is 4.28. The maximum absolute atomic E-state index is 12.5. The van der Waals surface area contributed by atoms with Crippen molar-refractivity contribution in [1.82, 2.24) is 9.62 Å². The predicted molar refractivity (Wildman–Crippen MR) is 75.5 cm³/mol. The minimum atomic E-state index is -3.46. The van der Waals surface area contributed by atoms with Crippen molar-refractivity contribution in [3.05, 3.63) is 29.8 Å². The molecular weight excluding hydrogens is 264 g/mol. The second kappa shape index (κ2) is 7.59. The minimum Gasteiger partial charge on any atom is -0.383 e. The number of nitrogens with one attached hydrogen (secondary N) is 1. The summed E-state index contributed by atoms with van der Waals surface area (Å²) in [6, 6.07) is 7.07. The van der Waals surface area contributed by atoms with Gasteiger partial charge in [0.25, 0.3) is 0 Å². The van der Waals surface area contributed by atoms with Gasteiger partial charge in [-0.1, -0.05) is 25.1 Å². The van der Waals surface area contributed by atoms with Gasteiger partial charge in [0.2, 0.25) is 10.0 Å². The Morgan fingerprint density at radius 3 is 2.63 bits per heavy atom. The van der Waals surface area contributed by atoms with Crippen LogP contribution >= 0.6 is 0 Å². The van der Waals surface area contributed by atoms with Crippen LogP contribution < -0.4 is 5.32 Å². The SMILES string of the molecule is CCNCc1ccccc1S(=O)(=O)N(C)CCOC. The highest BCUT2D eigenvalue weighted by Gasteiger charge is 2.22. The molecule has 0 saturated carbocycles. The first-order valence-electron chi connectivity index (χ1n) is 6.28. The summed E-state index contributed by atoms with van der Waals surface area (Å²) in [7, 11) is -0.336. The predicted octanol–water partition coefficient (Wildman–Crippen LogP) is 1.06. The molecule has 1 N–H and O–H groups in total. The van der Waals surface area contributed by atoms with E-state index in [9.17, 15) is 8.42 Å². The molecule has 108 valence electrons. The molecular formula is C13H22N2O3S. The molecule has 0 atom stereocenters. The lowest BCUT2D eigenvalue weighted by Crippen LogP contribution is -2.31. The lowest BCUT2D eigenvalue weighted by molar-refractivity contribution is 0.185. The van der Waals surface area contributed by atoms with Gasteiger partial charge in [0.15, 0.2) is 0 Å². The Balaban J connectivity index is 3.00. The van der Waals surface area contributed by atoms with Gasteiger partial charge in [-0.05, 0) is 18.2 Å². The van der Waals surface area contributed by atoms with Crippen molar-refractivity contribution in [2.24, 2.45) is 0 Å². The lowest BCUT2D eigenvalue weighted by Gasteiger charge is -2.19. The van der Waals surface area contributed by atoms with Gasteiger partial charge in [-0.25, -0.2) is 8.42 Å². The van der Waals surface area contributed by atoms with E-state index in [1.165, 1.54) is 4.31 Å². The number of sulfonamides is 1. The van der Waals surface area contributed by atoms with Gasteiger partial charge in [0.1, 0.15) is 0 Å². The summed E-state index contributed by atoms with van der Waals surface area (Å²) in [4.78, 5) is 0.356. The monoisotopic (exact) mass is 286 g/mol. The molecule has 0 aliphatic carbocycles. The van der Waals surface area contributed by atoms with Crippen molar-refractivity contribution in [3.8, 4) is 0 Å². The summed E-state index contributed by atoms with van der Waals surface area (Å²) < 4.78 is 31.2. The summed E-state index contributed by atoms with van der Waals surface area (Å²) in [5.41, 5.74) is 0.786. The number of likely N-dealkylation sites (N-methyl/N-ethyl adjacent to an activating group) is 1. The highest BCUT2D eigenvalue weighted by molar-refractivity contribution is 7.89. The number of ether oxygens (including phenoxy) is 1. The first-order chi connectivity index (χ1) is 9.04.